The molecule has 94 valence electrons. The Balaban J connectivity index is 1.84. The van der Waals surface area contributed by atoms with Crippen molar-refractivity contribution in [1.29, 1.82) is 0 Å². The lowest BCUT2D eigenvalue weighted by Crippen LogP contribution is -2.43. The van der Waals surface area contributed by atoms with Crippen LogP contribution in [0.25, 0.3) is 0 Å². The van der Waals surface area contributed by atoms with E-state index in [1.807, 2.05) is 6.92 Å². The number of carbonyl (C=O) groups excluding carboxylic acids is 1. The third-order valence-electron chi connectivity index (χ3n) is 2.79. The molecule has 0 spiro atoms. The van der Waals surface area contributed by atoms with Crippen molar-refractivity contribution in [3.63, 3.8) is 0 Å². The highest BCUT2D eigenvalue weighted by Gasteiger charge is 2.17. The summed E-state index contributed by atoms with van der Waals surface area (Å²) in [5.41, 5.74) is 1.02. The number of anilines is 1. The van der Waals surface area contributed by atoms with Crippen LogP contribution >= 0.6 is 0 Å². The number of hydrogen-bond acceptors (Lipinski definition) is 4. The molecule has 0 aromatic carbocycles. The summed E-state index contributed by atoms with van der Waals surface area (Å²) in [5.74, 6) is 0.682. The molecular weight excluding hydrogens is 220 g/mol. The molecule has 0 radical (unpaired) electrons. The summed E-state index contributed by atoms with van der Waals surface area (Å²) in [5, 5.41) is 12.8. The van der Waals surface area contributed by atoms with Gasteiger partial charge >= 0.3 is 0 Å². The molecule has 6 nitrogen and oxygen atoms in total. The Hall–Kier alpha value is -1.40. The van der Waals surface area contributed by atoms with Crippen molar-refractivity contribution < 1.29 is 9.53 Å². The Kier molecular flexibility index (Phi) is 4.11. The molecule has 0 bridgehead atoms. The van der Waals surface area contributed by atoms with Crippen LogP contribution in [-0.2, 0) is 16.0 Å². The molecule has 0 aliphatic carbocycles. The van der Waals surface area contributed by atoms with E-state index in [0.29, 0.717) is 18.8 Å². The van der Waals surface area contributed by atoms with Gasteiger partial charge in [-0.2, -0.15) is 5.10 Å². The number of rotatable bonds is 4. The monoisotopic (exact) mass is 238 g/mol. The van der Waals surface area contributed by atoms with Crippen LogP contribution in [0.1, 0.15) is 18.9 Å². The maximum absolute atomic E-state index is 11.8. The standard InChI is InChI=1S/C11H18N4O2/c1-2-8-6-13-15-11(8)14-10(16)5-9-7-17-4-3-12-9/h6,9,12H,2-5,7H2,1H3,(H2,13,14,15,16). The summed E-state index contributed by atoms with van der Waals surface area (Å²) in [6, 6.07) is 0.108. The zero-order chi connectivity index (χ0) is 12.1. The second-order valence-electron chi connectivity index (χ2n) is 4.10. The normalized spacial score (nSPS) is 20.2. The number of aromatic amines is 1. The molecule has 1 saturated heterocycles. The molecule has 1 atom stereocenters. The minimum absolute atomic E-state index is 0.0213. The van der Waals surface area contributed by atoms with Crippen LogP contribution in [0.2, 0.25) is 0 Å². The van der Waals surface area contributed by atoms with Gasteiger partial charge in [-0.25, -0.2) is 0 Å². The van der Waals surface area contributed by atoms with Gasteiger partial charge < -0.3 is 15.4 Å². The van der Waals surface area contributed by atoms with E-state index >= 15 is 0 Å². The van der Waals surface area contributed by atoms with Gasteiger partial charge in [0.2, 0.25) is 5.91 Å². The molecule has 1 aromatic heterocycles. The van der Waals surface area contributed by atoms with Gasteiger partial charge in [0.25, 0.3) is 0 Å². The molecular formula is C11H18N4O2. The number of amides is 1. The van der Waals surface area contributed by atoms with Gasteiger partial charge in [0, 0.05) is 24.6 Å². The van der Waals surface area contributed by atoms with E-state index in [1.165, 1.54) is 0 Å². The summed E-state index contributed by atoms with van der Waals surface area (Å²) >= 11 is 0. The van der Waals surface area contributed by atoms with Crippen molar-refractivity contribution in [2.75, 3.05) is 25.1 Å². The van der Waals surface area contributed by atoms with Crippen LogP contribution in [0.4, 0.5) is 5.82 Å². The van der Waals surface area contributed by atoms with Gasteiger partial charge in [0.15, 0.2) is 0 Å². The maximum atomic E-state index is 11.8. The molecule has 1 aliphatic rings. The zero-order valence-corrected chi connectivity index (χ0v) is 9.95. The van der Waals surface area contributed by atoms with Crippen LogP contribution in [0.3, 0.4) is 0 Å². The Labute approximate surface area is 100 Å². The Morgan fingerprint density at radius 3 is 3.29 bits per heavy atom. The first-order chi connectivity index (χ1) is 8.29. The molecule has 2 rings (SSSR count). The predicted molar refractivity (Wildman–Crippen MR) is 63.8 cm³/mol. The smallest absolute Gasteiger partial charge is 0.227 e. The van der Waals surface area contributed by atoms with Crippen LogP contribution < -0.4 is 10.6 Å². The van der Waals surface area contributed by atoms with Crippen molar-refractivity contribution in [1.82, 2.24) is 15.5 Å². The third kappa shape index (κ3) is 3.28. The number of carbonyl (C=O) groups is 1. The van der Waals surface area contributed by atoms with E-state index < -0.39 is 0 Å². The number of ether oxygens (including phenoxy) is 1. The minimum Gasteiger partial charge on any atom is -0.378 e. The zero-order valence-electron chi connectivity index (χ0n) is 9.95. The molecule has 1 unspecified atom stereocenters. The topological polar surface area (TPSA) is 79.0 Å². The fourth-order valence-corrected chi connectivity index (χ4v) is 1.85. The number of morpholine rings is 1. The van der Waals surface area contributed by atoms with Crippen LogP contribution in [0, 0.1) is 0 Å². The summed E-state index contributed by atoms with van der Waals surface area (Å²) < 4.78 is 5.30. The predicted octanol–water partition coefficient (Wildman–Crippen LogP) is 0.289. The summed E-state index contributed by atoms with van der Waals surface area (Å²) in [6.45, 7) is 4.15. The lowest BCUT2D eigenvalue weighted by atomic mass is 10.2. The Morgan fingerprint density at radius 1 is 1.71 bits per heavy atom. The number of nitrogens with zero attached hydrogens (tertiary/aromatic N) is 1. The fraction of sp³-hybridized carbons (Fsp3) is 0.636. The number of hydrogen-bond donors (Lipinski definition) is 3. The van der Waals surface area contributed by atoms with E-state index in [0.717, 1.165) is 25.1 Å². The molecule has 6 heteroatoms. The van der Waals surface area contributed by atoms with E-state index in [-0.39, 0.29) is 11.9 Å². The molecule has 0 saturated carbocycles. The van der Waals surface area contributed by atoms with Crippen molar-refractivity contribution in [3.8, 4) is 0 Å². The SMILES string of the molecule is CCc1cn[nH]c1NC(=O)CC1COCCN1. The molecule has 3 N–H and O–H groups in total. The highest BCUT2D eigenvalue weighted by molar-refractivity contribution is 5.90. The molecule has 1 fully saturated rings. The molecule has 2 heterocycles. The second-order valence-corrected chi connectivity index (χ2v) is 4.10. The summed E-state index contributed by atoms with van der Waals surface area (Å²) in [7, 11) is 0. The second kappa shape index (κ2) is 5.79. The minimum atomic E-state index is -0.0213. The van der Waals surface area contributed by atoms with Crippen molar-refractivity contribution >= 4 is 11.7 Å². The quantitative estimate of drug-likeness (QED) is 0.704. The van der Waals surface area contributed by atoms with Gasteiger partial charge in [-0.3, -0.25) is 9.89 Å². The maximum Gasteiger partial charge on any atom is 0.227 e. The van der Waals surface area contributed by atoms with Gasteiger partial charge in [-0.1, -0.05) is 6.92 Å². The molecule has 1 aliphatic heterocycles. The Morgan fingerprint density at radius 2 is 2.59 bits per heavy atom. The van der Waals surface area contributed by atoms with E-state index in [2.05, 4.69) is 20.8 Å². The van der Waals surface area contributed by atoms with Crippen LogP contribution in [-0.4, -0.2) is 41.9 Å². The molecule has 1 aromatic rings. The van der Waals surface area contributed by atoms with Gasteiger partial charge in [0.1, 0.15) is 5.82 Å². The summed E-state index contributed by atoms with van der Waals surface area (Å²) in [4.78, 5) is 11.8. The van der Waals surface area contributed by atoms with Gasteiger partial charge in [0.05, 0.1) is 19.4 Å². The average molecular weight is 238 g/mol. The first kappa shape index (κ1) is 12.1. The Bertz CT molecular complexity index is 371. The summed E-state index contributed by atoms with van der Waals surface area (Å²) in [6.07, 6.45) is 3.00. The lowest BCUT2D eigenvalue weighted by molar-refractivity contribution is -0.117. The first-order valence-corrected chi connectivity index (χ1v) is 5.92. The van der Waals surface area contributed by atoms with Gasteiger partial charge in [-0.15, -0.1) is 0 Å². The van der Waals surface area contributed by atoms with E-state index in [4.69, 9.17) is 4.74 Å². The molecule has 17 heavy (non-hydrogen) atoms. The van der Waals surface area contributed by atoms with E-state index in [1.54, 1.807) is 6.20 Å². The van der Waals surface area contributed by atoms with Crippen molar-refractivity contribution in [2.45, 2.75) is 25.8 Å². The fourth-order valence-electron chi connectivity index (χ4n) is 1.85. The largest absolute Gasteiger partial charge is 0.378 e. The van der Waals surface area contributed by atoms with Gasteiger partial charge in [-0.05, 0) is 6.42 Å². The van der Waals surface area contributed by atoms with Crippen LogP contribution in [0.5, 0.6) is 0 Å². The van der Waals surface area contributed by atoms with Crippen molar-refractivity contribution in [3.05, 3.63) is 11.8 Å². The number of nitrogens with one attached hydrogen (secondary N) is 3. The third-order valence-corrected chi connectivity index (χ3v) is 2.79. The molecule has 1 amide bonds. The number of aryl methyl sites for hydroxylation is 1. The number of aromatic nitrogens is 2. The average Bonchev–Trinajstić information content (AvgIpc) is 2.77. The van der Waals surface area contributed by atoms with Crippen molar-refractivity contribution in [2.24, 2.45) is 0 Å². The van der Waals surface area contributed by atoms with E-state index in [9.17, 15) is 4.79 Å². The van der Waals surface area contributed by atoms with Crippen LogP contribution in [0.15, 0.2) is 6.20 Å². The first-order valence-electron chi connectivity index (χ1n) is 5.92. The lowest BCUT2D eigenvalue weighted by Gasteiger charge is -2.23. The number of H-pyrrole nitrogens is 1. The highest BCUT2D eigenvalue weighted by atomic mass is 16.5. The highest BCUT2D eigenvalue weighted by Crippen LogP contribution is 2.12.